The van der Waals surface area contributed by atoms with Crippen molar-refractivity contribution in [2.24, 2.45) is 11.7 Å². The Morgan fingerprint density at radius 3 is 2.44 bits per heavy atom. The van der Waals surface area contributed by atoms with Crippen molar-refractivity contribution >= 4 is 5.91 Å². The highest BCUT2D eigenvalue weighted by molar-refractivity contribution is 5.78. The highest BCUT2D eigenvalue weighted by Crippen LogP contribution is 2.23. The van der Waals surface area contributed by atoms with Crippen LogP contribution in [0.5, 0.6) is 0 Å². The molecule has 1 aromatic rings. The molecule has 1 saturated carbocycles. The van der Waals surface area contributed by atoms with Crippen molar-refractivity contribution in [1.82, 2.24) is 5.32 Å². The summed E-state index contributed by atoms with van der Waals surface area (Å²) in [6.07, 6.45) is 4.92. The Hall–Kier alpha value is -1.35. The molecule has 3 nitrogen and oxygen atoms in total. The standard InChI is InChI=1S/C15H22N2O/c16-11-13-6-8-14(9-7-13)17-15(18)10-12-4-2-1-3-5-12/h1-5,13-14H,6-11,16H2,(H,17,18). The van der Waals surface area contributed by atoms with Crippen molar-refractivity contribution in [2.75, 3.05) is 6.54 Å². The molecule has 1 fully saturated rings. The first-order valence-corrected chi connectivity index (χ1v) is 6.81. The van der Waals surface area contributed by atoms with Crippen molar-refractivity contribution < 1.29 is 4.79 Å². The molecule has 3 heteroatoms. The lowest BCUT2D eigenvalue weighted by Gasteiger charge is -2.28. The molecule has 1 aliphatic carbocycles. The van der Waals surface area contributed by atoms with Crippen molar-refractivity contribution in [2.45, 2.75) is 38.1 Å². The maximum absolute atomic E-state index is 11.9. The highest BCUT2D eigenvalue weighted by atomic mass is 16.1. The molecule has 1 aromatic carbocycles. The number of carbonyl (C=O) groups excluding carboxylic acids is 1. The van der Waals surface area contributed by atoms with Crippen LogP contribution in [-0.4, -0.2) is 18.5 Å². The fourth-order valence-electron chi connectivity index (χ4n) is 2.60. The lowest BCUT2D eigenvalue weighted by atomic mass is 9.86. The van der Waals surface area contributed by atoms with Gasteiger partial charge in [-0.2, -0.15) is 0 Å². The lowest BCUT2D eigenvalue weighted by Crippen LogP contribution is -2.39. The summed E-state index contributed by atoms with van der Waals surface area (Å²) in [5, 5.41) is 3.13. The zero-order valence-corrected chi connectivity index (χ0v) is 10.8. The molecule has 0 saturated heterocycles. The first-order chi connectivity index (χ1) is 8.78. The third-order valence-electron chi connectivity index (χ3n) is 3.75. The van der Waals surface area contributed by atoms with Crippen LogP contribution < -0.4 is 11.1 Å². The second-order valence-electron chi connectivity index (χ2n) is 5.18. The Kier molecular flexibility index (Phi) is 4.76. The van der Waals surface area contributed by atoms with Crippen LogP contribution in [0.25, 0.3) is 0 Å². The summed E-state index contributed by atoms with van der Waals surface area (Å²) in [6.45, 7) is 0.782. The van der Waals surface area contributed by atoms with Crippen LogP contribution in [0.15, 0.2) is 30.3 Å². The number of nitrogens with one attached hydrogen (secondary N) is 1. The summed E-state index contributed by atoms with van der Waals surface area (Å²) in [7, 11) is 0. The summed E-state index contributed by atoms with van der Waals surface area (Å²) in [6, 6.07) is 10.2. The van der Waals surface area contributed by atoms with E-state index < -0.39 is 0 Å². The summed E-state index contributed by atoms with van der Waals surface area (Å²) < 4.78 is 0. The smallest absolute Gasteiger partial charge is 0.224 e. The van der Waals surface area contributed by atoms with E-state index in [1.807, 2.05) is 30.3 Å². The normalized spacial score (nSPS) is 23.6. The SMILES string of the molecule is NCC1CCC(NC(=O)Cc2ccccc2)CC1. The molecule has 0 heterocycles. The Bertz CT molecular complexity index is 369. The molecular formula is C15H22N2O. The van der Waals surface area contributed by atoms with Gasteiger partial charge in [0.1, 0.15) is 0 Å². The van der Waals surface area contributed by atoms with Crippen LogP contribution in [-0.2, 0) is 11.2 Å². The molecule has 1 amide bonds. The number of benzene rings is 1. The van der Waals surface area contributed by atoms with Gasteiger partial charge in [0.15, 0.2) is 0 Å². The molecule has 18 heavy (non-hydrogen) atoms. The zero-order valence-electron chi connectivity index (χ0n) is 10.8. The fourth-order valence-corrected chi connectivity index (χ4v) is 2.60. The Morgan fingerprint density at radius 2 is 1.83 bits per heavy atom. The molecule has 0 bridgehead atoms. The van der Waals surface area contributed by atoms with Crippen LogP contribution in [0.4, 0.5) is 0 Å². The minimum absolute atomic E-state index is 0.136. The van der Waals surface area contributed by atoms with Crippen LogP contribution in [0.1, 0.15) is 31.2 Å². The monoisotopic (exact) mass is 246 g/mol. The zero-order chi connectivity index (χ0) is 12.8. The van der Waals surface area contributed by atoms with Crippen molar-refractivity contribution in [3.63, 3.8) is 0 Å². The van der Waals surface area contributed by atoms with E-state index in [-0.39, 0.29) is 5.91 Å². The van der Waals surface area contributed by atoms with Crippen molar-refractivity contribution in [3.8, 4) is 0 Å². The van der Waals surface area contributed by atoms with Gasteiger partial charge in [-0.25, -0.2) is 0 Å². The molecule has 3 N–H and O–H groups in total. The maximum atomic E-state index is 11.9. The summed E-state index contributed by atoms with van der Waals surface area (Å²) in [5.41, 5.74) is 6.74. The van der Waals surface area contributed by atoms with Gasteiger partial charge in [-0.15, -0.1) is 0 Å². The summed E-state index contributed by atoms with van der Waals surface area (Å²) in [4.78, 5) is 11.9. The minimum atomic E-state index is 0.136. The van der Waals surface area contributed by atoms with Gasteiger partial charge in [0, 0.05) is 6.04 Å². The second kappa shape index (κ2) is 6.55. The highest BCUT2D eigenvalue weighted by Gasteiger charge is 2.21. The number of rotatable bonds is 4. The summed E-state index contributed by atoms with van der Waals surface area (Å²) in [5.74, 6) is 0.796. The third kappa shape index (κ3) is 3.84. The van der Waals surface area contributed by atoms with Crippen LogP contribution in [0, 0.1) is 5.92 Å². The van der Waals surface area contributed by atoms with E-state index >= 15 is 0 Å². The Morgan fingerprint density at radius 1 is 1.17 bits per heavy atom. The van der Waals surface area contributed by atoms with Gasteiger partial charge in [-0.3, -0.25) is 4.79 Å². The van der Waals surface area contributed by atoms with E-state index in [1.54, 1.807) is 0 Å². The molecule has 0 atom stereocenters. The molecule has 1 aliphatic rings. The number of hydrogen-bond acceptors (Lipinski definition) is 2. The van der Waals surface area contributed by atoms with Crippen LogP contribution >= 0.6 is 0 Å². The third-order valence-corrected chi connectivity index (χ3v) is 3.75. The molecule has 98 valence electrons. The average Bonchev–Trinajstić information content (AvgIpc) is 2.40. The van der Waals surface area contributed by atoms with Gasteiger partial charge in [0.05, 0.1) is 6.42 Å². The van der Waals surface area contributed by atoms with Gasteiger partial charge < -0.3 is 11.1 Å². The van der Waals surface area contributed by atoms with E-state index in [9.17, 15) is 4.79 Å². The largest absolute Gasteiger partial charge is 0.353 e. The van der Waals surface area contributed by atoms with Gasteiger partial charge in [-0.1, -0.05) is 30.3 Å². The molecule has 0 aliphatic heterocycles. The number of carbonyl (C=O) groups is 1. The maximum Gasteiger partial charge on any atom is 0.224 e. The predicted octanol–water partition coefficient (Wildman–Crippen LogP) is 1.86. The second-order valence-corrected chi connectivity index (χ2v) is 5.18. The minimum Gasteiger partial charge on any atom is -0.353 e. The predicted molar refractivity (Wildman–Crippen MR) is 73.1 cm³/mol. The van der Waals surface area contributed by atoms with Gasteiger partial charge in [0.2, 0.25) is 5.91 Å². The van der Waals surface area contributed by atoms with Gasteiger partial charge in [-0.05, 0) is 43.7 Å². The fraction of sp³-hybridized carbons (Fsp3) is 0.533. The number of hydrogen-bond donors (Lipinski definition) is 2. The number of nitrogens with two attached hydrogens (primary N) is 1. The van der Waals surface area contributed by atoms with Crippen molar-refractivity contribution in [3.05, 3.63) is 35.9 Å². The molecule has 2 rings (SSSR count). The quantitative estimate of drug-likeness (QED) is 0.852. The molecular weight excluding hydrogens is 224 g/mol. The van der Waals surface area contributed by atoms with Crippen LogP contribution in [0.3, 0.4) is 0 Å². The van der Waals surface area contributed by atoms with E-state index in [1.165, 1.54) is 0 Å². The van der Waals surface area contributed by atoms with E-state index in [4.69, 9.17) is 5.73 Å². The molecule has 0 spiro atoms. The topological polar surface area (TPSA) is 55.1 Å². The van der Waals surface area contributed by atoms with E-state index in [2.05, 4.69) is 5.32 Å². The molecule has 0 unspecified atom stereocenters. The molecule has 0 radical (unpaired) electrons. The number of amides is 1. The van der Waals surface area contributed by atoms with Gasteiger partial charge >= 0.3 is 0 Å². The molecule has 0 aromatic heterocycles. The van der Waals surface area contributed by atoms with E-state index in [0.717, 1.165) is 37.8 Å². The Balaban J connectivity index is 1.75. The van der Waals surface area contributed by atoms with Crippen LogP contribution in [0.2, 0.25) is 0 Å². The van der Waals surface area contributed by atoms with Gasteiger partial charge in [0.25, 0.3) is 0 Å². The Labute approximate surface area is 109 Å². The first kappa shape index (κ1) is 13.1. The summed E-state index contributed by atoms with van der Waals surface area (Å²) >= 11 is 0. The lowest BCUT2D eigenvalue weighted by molar-refractivity contribution is -0.121. The van der Waals surface area contributed by atoms with Crippen molar-refractivity contribution in [1.29, 1.82) is 0 Å². The first-order valence-electron chi connectivity index (χ1n) is 6.81. The average molecular weight is 246 g/mol. The van der Waals surface area contributed by atoms with E-state index in [0.29, 0.717) is 18.4 Å².